The van der Waals surface area contributed by atoms with Crippen LogP contribution in [0.15, 0.2) is 0 Å². The van der Waals surface area contributed by atoms with Gasteiger partial charge in [-0.1, -0.05) is 12.8 Å². The molecular formula is C7H17O3P. The van der Waals surface area contributed by atoms with Gasteiger partial charge in [0.1, 0.15) is 0 Å². The lowest BCUT2D eigenvalue weighted by Gasteiger charge is -2.04. The van der Waals surface area contributed by atoms with Gasteiger partial charge in [0.05, 0.1) is 6.61 Å². The van der Waals surface area contributed by atoms with Crippen molar-refractivity contribution in [2.75, 3.05) is 19.9 Å². The third-order valence-corrected chi connectivity index (χ3v) is 1.89. The molecule has 0 fully saturated rings. The van der Waals surface area contributed by atoms with E-state index in [1.165, 1.54) is 0 Å². The van der Waals surface area contributed by atoms with Crippen molar-refractivity contribution >= 4 is 8.38 Å². The van der Waals surface area contributed by atoms with Gasteiger partial charge in [-0.05, 0) is 12.8 Å². The summed E-state index contributed by atoms with van der Waals surface area (Å²) in [5, 5.41) is 8.44. The maximum atomic E-state index is 8.76. The molecule has 11 heavy (non-hydrogen) atoms. The first-order chi connectivity index (χ1) is 5.27. The highest BCUT2D eigenvalue weighted by Gasteiger charge is 1.94. The van der Waals surface area contributed by atoms with Crippen LogP contribution in [0.2, 0.25) is 0 Å². The SMILES string of the molecule is CP(O)OCCCCCCO. The van der Waals surface area contributed by atoms with E-state index < -0.39 is 8.38 Å². The van der Waals surface area contributed by atoms with Crippen LogP contribution in [-0.2, 0) is 4.52 Å². The Morgan fingerprint density at radius 2 is 1.82 bits per heavy atom. The average Bonchev–Trinajstić information content (AvgIpc) is 1.96. The fourth-order valence-electron chi connectivity index (χ4n) is 0.764. The third-order valence-electron chi connectivity index (χ3n) is 1.33. The molecule has 0 rings (SSSR count). The normalized spacial score (nSPS) is 13.4. The molecule has 0 radical (unpaired) electrons. The lowest BCUT2D eigenvalue weighted by atomic mass is 10.2. The van der Waals surface area contributed by atoms with Crippen molar-refractivity contribution in [1.82, 2.24) is 0 Å². The van der Waals surface area contributed by atoms with Crippen LogP contribution in [0.4, 0.5) is 0 Å². The summed E-state index contributed by atoms with van der Waals surface area (Å²) in [4.78, 5) is 8.76. The largest absolute Gasteiger partial charge is 0.396 e. The zero-order valence-corrected chi connectivity index (χ0v) is 7.89. The molecule has 0 spiro atoms. The highest BCUT2D eigenvalue weighted by atomic mass is 31.2. The highest BCUT2D eigenvalue weighted by Crippen LogP contribution is 2.25. The minimum absolute atomic E-state index is 0.279. The molecule has 0 aliphatic heterocycles. The summed E-state index contributed by atoms with van der Waals surface area (Å²) in [5.74, 6) is 0. The Morgan fingerprint density at radius 1 is 1.18 bits per heavy atom. The van der Waals surface area contributed by atoms with Crippen molar-refractivity contribution in [1.29, 1.82) is 0 Å². The van der Waals surface area contributed by atoms with E-state index in [0.717, 1.165) is 25.7 Å². The topological polar surface area (TPSA) is 49.7 Å². The van der Waals surface area contributed by atoms with Crippen molar-refractivity contribution in [3.05, 3.63) is 0 Å². The van der Waals surface area contributed by atoms with Crippen LogP contribution in [0.3, 0.4) is 0 Å². The zero-order valence-electron chi connectivity index (χ0n) is 6.99. The second kappa shape index (κ2) is 8.41. The van der Waals surface area contributed by atoms with E-state index in [1.807, 2.05) is 0 Å². The van der Waals surface area contributed by atoms with Gasteiger partial charge in [-0.15, -0.1) is 0 Å². The van der Waals surface area contributed by atoms with E-state index in [9.17, 15) is 0 Å². The van der Waals surface area contributed by atoms with Crippen molar-refractivity contribution < 1.29 is 14.5 Å². The van der Waals surface area contributed by atoms with Gasteiger partial charge in [0.15, 0.2) is 8.38 Å². The van der Waals surface area contributed by atoms with Crippen LogP contribution in [0.25, 0.3) is 0 Å². The molecule has 0 aromatic rings. The summed E-state index contributed by atoms with van der Waals surface area (Å²) in [7, 11) is -1.17. The molecule has 1 unspecified atom stereocenters. The first kappa shape index (κ1) is 11.3. The van der Waals surface area contributed by atoms with Gasteiger partial charge in [0.2, 0.25) is 0 Å². The maximum absolute atomic E-state index is 8.76. The predicted molar refractivity (Wildman–Crippen MR) is 46.6 cm³/mol. The van der Waals surface area contributed by atoms with Gasteiger partial charge in [0.25, 0.3) is 0 Å². The Kier molecular flexibility index (Phi) is 8.64. The maximum Gasteiger partial charge on any atom is 0.164 e. The van der Waals surface area contributed by atoms with Crippen molar-refractivity contribution in [3.8, 4) is 0 Å². The first-order valence-electron chi connectivity index (χ1n) is 3.93. The summed E-state index contributed by atoms with van der Waals surface area (Å²) in [6.07, 6.45) is 3.98. The van der Waals surface area contributed by atoms with Crippen LogP contribution in [0.5, 0.6) is 0 Å². The molecule has 2 N–H and O–H groups in total. The Labute approximate surface area is 69.3 Å². The lowest BCUT2D eigenvalue weighted by molar-refractivity contribution is 0.273. The number of aliphatic hydroxyl groups is 1. The number of rotatable bonds is 7. The highest BCUT2D eigenvalue weighted by molar-refractivity contribution is 7.45. The van der Waals surface area contributed by atoms with E-state index in [0.29, 0.717) is 6.61 Å². The molecule has 0 bridgehead atoms. The van der Waals surface area contributed by atoms with Crippen molar-refractivity contribution in [2.24, 2.45) is 0 Å². The van der Waals surface area contributed by atoms with E-state index in [2.05, 4.69) is 0 Å². The number of hydrogen-bond acceptors (Lipinski definition) is 3. The Balaban J connectivity index is 2.80. The number of aliphatic hydroxyl groups excluding tert-OH is 1. The minimum Gasteiger partial charge on any atom is -0.396 e. The third kappa shape index (κ3) is 10.3. The van der Waals surface area contributed by atoms with E-state index in [4.69, 9.17) is 14.5 Å². The van der Waals surface area contributed by atoms with Gasteiger partial charge < -0.3 is 14.5 Å². The van der Waals surface area contributed by atoms with E-state index in [-0.39, 0.29) is 6.61 Å². The van der Waals surface area contributed by atoms with Crippen LogP contribution >= 0.6 is 8.38 Å². The van der Waals surface area contributed by atoms with Crippen molar-refractivity contribution in [2.45, 2.75) is 25.7 Å². The van der Waals surface area contributed by atoms with Crippen LogP contribution in [-0.4, -0.2) is 29.9 Å². The summed E-state index contributed by atoms with van der Waals surface area (Å²) in [6.45, 7) is 2.59. The second-order valence-electron chi connectivity index (χ2n) is 2.44. The molecular weight excluding hydrogens is 163 g/mol. The smallest absolute Gasteiger partial charge is 0.164 e. The molecule has 4 heteroatoms. The molecule has 1 atom stereocenters. The molecule has 0 amide bonds. The molecule has 0 aliphatic carbocycles. The van der Waals surface area contributed by atoms with Gasteiger partial charge in [0, 0.05) is 13.3 Å². The molecule has 0 aromatic heterocycles. The van der Waals surface area contributed by atoms with Gasteiger partial charge in [-0.25, -0.2) is 0 Å². The van der Waals surface area contributed by atoms with Gasteiger partial charge >= 0.3 is 0 Å². The number of hydrogen-bond donors (Lipinski definition) is 2. The average molecular weight is 180 g/mol. The summed E-state index contributed by atoms with van der Waals surface area (Å²) >= 11 is 0. The minimum atomic E-state index is -1.17. The van der Waals surface area contributed by atoms with Crippen molar-refractivity contribution in [3.63, 3.8) is 0 Å². The zero-order chi connectivity index (χ0) is 8.53. The second-order valence-corrected chi connectivity index (χ2v) is 3.62. The molecule has 0 heterocycles. The van der Waals surface area contributed by atoms with E-state index in [1.54, 1.807) is 6.66 Å². The first-order valence-corrected chi connectivity index (χ1v) is 5.59. The predicted octanol–water partition coefficient (Wildman–Crippen LogP) is 1.49. The standard InChI is InChI=1S/C7H17O3P/c1-11(9)10-7-5-3-2-4-6-8/h8-9H,2-7H2,1H3. The molecule has 3 nitrogen and oxygen atoms in total. The van der Waals surface area contributed by atoms with Crippen LogP contribution < -0.4 is 0 Å². The molecule has 0 saturated heterocycles. The number of unbranched alkanes of at least 4 members (excludes halogenated alkanes) is 3. The quantitative estimate of drug-likeness (QED) is 0.461. The monoisotopic (exact) mass is 180 g/mol. The molecule has 0 saturated carbocycles. The molecule has 0 aromatic carbocycles. The summed E-state index contributed by atoms with van der Waals surface area (Å²) in [5.41, 5.74) is 0. The Morgan fingerprint density at radius 3 is 2.36 bits per heavy atom. The van der Waals surface area contributed by atoms with E-state index >= 15 is 0 Å². The Hall–Kier alpha value is 0.310. The lowest BCUT2D eigenvalue weighted by Crippen LogP contribution is -1.90. The van der Waals surface area contributed by atoms with Crippen LogP contribution in [0.1, 0.15) is 25.7 Å². The fourth-order valence-corrected chi connectivity index (χ4v) is 1.16. The summed E-state index contributed by atoms with van der Waals surface area (Å²) in [6, 6.07) is 0. The fraction of sp³-hybridized carbons (Fsp3) is 1.00. The Bertz CT molecular complexity index is 78.1. The molecule has 68 valence electrons. The van der Waals surface area contributed by atoms with Gasteiger partial charge in [-0.3, -0.25) is 0 Å². The summed E-state index contributed by atoms with van der Waals surface area (Å²) < 4.78 is 4.98. The van der Waals surface area contributed by atoms with Crippen LogP contribution in [0, 0.1) is 0 Å². The molecule has 0 aliphatic rings. The van der Waals surface area contributed by atoms with Gasteiger partial charge in [-0.2, -0.15) is 0 Å².